The van der Waals surface area contributed by atoms with E-state index >= 15 is 0 Å². The minimum atomic E-state index is -1.40. The highest BCUT2D eigenvalue weighted by molar-refractivity contribution is 6.54. The number of Topliss-reactive ketones (excluding diaryl/α,β-unsaturated/α-hetero) is 2. The molecule has 0 aliphatic rings. The molecule has 0 saturated carbocycles. The fraction of sp³-hybridized carbons (Fsp3) is 0.351. The number of hydrogen-bond acceptors (Lipinski definition) is 12. The Morgan fingerprint density at radius 1 is 0.600 bits per heavy atom. The third-order valence-corrected chi connectivity index (χ3v) is 8.50. The van der Waals surface area contributed by atoms with E-state index in [1.807, 2.05) is 0 Å². The minimum Gasteiger partial charge on any atom is -0.493 e. The Morgan fingerprint density at radius 3 is 1.27 bits per heavy atom. The van der Waals surface area contributed by atoms with Crippen molar-refractivity contribution in [3.8, 4) is 23.0 Å². The van der Waals surface area contributed by atoms with Crippen LogP contribution in [0.25, 0.3) is 12.2 Å². The Morgan fingerprint density at radius 2 is 0.964 bits per heavy atom. The van der Waals surface area contributed by atoms with Crippen LogP contribution in [0.3, 0.4) is 0 Å². The predicted molar refractivity (Wildman–Crippen MR) is 201 cm³/mol. The molecule has 0 aliphatic heterocycles. The fourth-order valence-corrected chi connectivity index (χ4v) is 5.02. The first-order valence-electron chi connectivity index (χ1n) is 16.2. The van der Waals surface area contributed by atoms with E-state index in [0.717, 1.165) is 0 Å². The number of aliphatic carboxylic acids is 2. The molecule has 2 atom stereocenters. The highest BCUT2D eigenvalue weighted by atomic mass is 35.5. The van der Waals surface area contributed by atoms with Gasteiger partial charge in [0.05, 0.1) is 32.5 Å². The normalized spacial score (nSPS) is 12.4. The second-order valence-corrected chi connectivity index (χ2v) is 13.8. The lowest BCUT2D eigenvalue weighted by atomic mass is 9.97. The standard InChI is InChI=1S/C37H36Cl4O14/c1-52-30-15-20(5-11-28(30)54-36(50)22(7-13-32(46)47)17-26(44)34(38)39)3-9-24(42)19-25(43)10-4-21-6-12-29(31(16-21)53-2)55-37(51)23(8-14-33(48)49)18-27(45)35(40)41/h3-6,9-12,15-16,22-23,34-35H,7-8,13-14,17-19H2,1-2H3,(H,46,47)(H,48,49)/b9-3+,10-4+/t22-,23-/m1/s1. The number of carboxylic acids is 2. The second-order valence-electron chi connectivity index (χ2n) is 11.6. The molecule has 0 radical (unpaired) electrons. The Bertz CT molecular complexity index is 1690. The lowest BCUT2D eigenvalue weighted by Gasteiger charge is -2.16. The summed E-state index contributed by atoms with van der Waals surface area (Å²) >= 11 is 22.3. The molecule has 0 fully saturated rings. The zero-order valence-electron chi connectivity index (χ0n) is 29.3. The summed E-state index contributed by atoms with van der Waals surface area (Å²) in [6.07, 6.45) is 2.56. The van der Waals surface area contributed by atoms with E-state index in [4.69, 9.17) is 75.6 Å². The Balaban J connectivity index is 2.07. The molecule has 2 rings (SSSR count). The van der Waals surface area contributed by atoms with Crippen LogP contribution < -0.4 is 18.9 Å². The Labute approximate surface area is 335 Å². The largest absolute Gasteiger partial charge is 0.493 e. The fourth-order valence-electron chi connectivity index (χ4n) is 4.66. The highest BCUT2D eigenvalue weighted by Crippen LogP contribution is 2.32. The van der Waals surface area contributed by atoms with Gasteiger partial charge in [-0.15, -0.1) is 0 Å². The second kappa shape index (κ2) is 23.2. The zero-order chi connectivity index (χ0) is 41.2. The maximum atomic E-state index is 12.8. The summed E-state index contributed by atoms with van der Waals surface area (Å²) in [4.78, 5) is 94.1. The molecule has 2 aromatic rings. The van der Waals surface area contributed by atoms with Crippen LogP contribution in [0.5, 0.6) is 23.0 Å². The van der Waals surface area contributed by atoms with Crippen LogP contribution in [0.1, 0.15) is 56.1 Å². The molecule has 0 amide bonds. The van der Waals surface area contributed by atoms with Gasteiger partial charge in [-0.05, 0) is 60.4 Å². The molecule has 296 valence electrons. The van der Waals surface area contributed by atoms with Gasteiger partial charge < -0.3 is 29.2 Å². The number of hydrogen-bond donors (Lipinski definition) is 2. The molecule has 0 heterocycles. The highest BCUT2D eigenvalue weighted by Gasteiger charge is 2.29. The first kappa shape index (κ1) is 46.4. The first-order chi connectivity index (χ1) is 25.9. The van der Waals surface area contributed by atoms with Gasteiger partial charge in [0.25, 0.3) is 0 Å². The molecule has 0 unspecified atom stereocenters. The predicted octanol–water partition coefficient (Wildman–Crippen LogP) is 6.26. The molecule has 0 spiro atoms. The molecule has 14 nitrogen and oxygen atoms in total. The smallest absolute Gasteiger partial charge is 0.314 e. The van der Waals surface area contributed by atoms with Crippen LogP contribution in [0.2, 0.25) is 0 Å². The summed E-state index contributed by atoms with van der Waals surface area (Å²) in [7, 11) is 2.60. The summed E-state index contributed by atoms with van der Waals surface area (Å²) in [5.41, 5.74) is 0.875. The molecule has 18 heteroatoms. The van der Waals surface area contributed by atoms with E-state index in [1.54, 1.807) is 0 Å². The minimum absolute atomic E-state index is 0.0381. The van der Waals surface area contributed by atoms with Crippen molar-refractivity contribution in [2.45, 2.75) is 54.6 Å². The van der Waals surface area contributed by atoms with Crippen LogP contribution in [-0.4, -0.2) is 81.1 Å². The van der Waals surface area contributed by atoms with E-state index in [-0.39, 0.29) is 35.8 Å². The molecule has 0 saturated heterocycles. The van der Waals surface area contributed by atoms with Crippen LogP contribution in [0, 0.1) is 11.8 Å². The van der Waals surface area contributed by atoms with Crippen molar-refractivity contribution in [2.75, 3.05) is 14.2 Å². The van der Waals surface area contributed by atoms with E-state index < -0.39 is 101 Å². The average molecular weight is 846 g/mol. The quantitative estimate of drug-likeness (QED) is 0.0393. The van der Waals surface area contributed by atoms with Gasteiger partial charge in [0, 0.05) is 25.7 Å². The van der Waals surface area contributed by atoms with Crippen molar-refractivity contribution < 1.29 is 67.5 Å². The van der Waals surface area contributed by atoms with Gasteiger partial charge in [0.2, 0.25) is 0 Å². The summed E-state index contributed by atoms with van der Waals surface area (Å²) in [6.45, 7) is 0. The van der Waals surface area contributed by atoms with Gasteiger partial charge in [-0.1, -0.05) is 70.7 Å². The number of ketones is 4. The van der Waals surface area contributed by atoms with Crippen molar-refractivity contribution in [2.24, 2.45) is 11.8 Å². The number of carbonyl (C=O) groups is 8. The van der Waals surface area contributed by atoms with Gasteiger partial charge in [-0.2, -0.15) is 0 Å². The van der Waals surface area contributed by atoms with Gasteiger partial charge >= 0.3 is 23.9 Å². The van der Waals surface area contributed by atoms with Gasteiger partial charge in [0.1, 0.15) is 0 Å². The van der Waals surface area contributed by atoms with Gasteiger partial charge in [-0.25, -0.2) is 0 Å². The van der Waals surface area contributed by atoms with E-state index in [0.29, 0.717) is 11.1 Å². The summed E-state index contributed by atoms with van der Waals surface area (Å²) in [5.74, 6) is -8.78. The first-order valence-corrected chi connectivity index (χ1v) is 17.9. The molecular formula is C37H36Cl4O14. The number of allylic oxidation sites excluding steroid dienone is 2. The molecule has 0 aromatic heterocycles. The van der Waals surface area contributed by atoms with Gasteiger partial charge in [-0.3, -0.25) is 38.4 Å². The lowest BCUT2D eigenvalue weighted by molar-refractivity contribution is -0.143. The number of rotatable bonds is 24. The number of methoxy groups -OCH3 is 2. The number of halogens is 4. The van der Waals surface area contributed by atoms with E-state index in [1.165, 1.54) is 74.9 Å². The van der Waals surface area contributed by atoms with E-state index in [2.05, 4.69) is 0 Å². The van der Waals surface area contributed by atoms with Crippen LogP contribution in [0.15, 0.2) is 48.6 Å². The van der Waals surface area contributed by atoms with Crippen molar-refractivity contribution >= 4 is 106 Å². The van der Waals surface area contributed by atoms with Crippen molar-refractivity contribution in [1.29, 1.82) is 0 Å². The third-order valence-electron chi connectivity index (χ3n) is 7.53. The number of carboxylic acid groups (broad SMARTS) is 2. The molecule has 2 aromatic carbocycles. The molecule has 2 N–H and O–H groups in total. The number of ether oxygens (including phenoxy) is 4. The van der Waals surface area contributed by atoms with Crippen molar-refractivity contribution in [3.05, 3.63) is 59.7 Å². The summed E-state index contributed by atoms with van der Waals surface area (Å²) in [6, 6.07) is 8.60. The molecule has 0 aliphatic carbocycles. The van der Waals surface area contributed by atoms with Crippen LogP contribution >= 0.6 is 46.4 Å². The zero-order valence-corrected chi connectivity index (χ0v) is 32.4. The maximum absolute atomic E-state index is 12.8. The van der Waals surface area contributed by atoms with Gasteiger partial charge in [0.15, 0.2) is 55.8 Å². The molecule has 55 heavy (non-hydrogen) atoms. The van der Waals surface area contributed by atoms with Crippen LogP contribution in [-0.2, 0) is 38.4 Å². The Hall–Kier alpha value is -4.76. The summed E-state index contributed by atoms with van der Waals surface area (Å²) in [5, 5.41) is 18.0. The molecule has 0 bridgehead atoms. The van der Waals surface area contributed by atoms with Crippen LogP contribution in [0.4, 0.5) is 0 Å². The SMILES string of the molecule is COc1cc(/C=C/C(=O)CC(=O)/C=C/c2ccc(OC(=O)[C@H](CCC(=O)O)CC(=O)C(Cl)Cl)c(OC)c2)ccc1OC(=O)[C@H](CCC(=O)O)CC(=O)C(Cl)Cl. The Kier molecular flexibility index (Phi) is 19.6. The molecular weight excluding hydrogens is 810 g/mol. The number of carbonyl (C=O) groups excluding carboxylic acids is 6. The monoisotopic (exact) mass is 844 g/mol. The number of alkyl halides is 4. The third kappa shape index (κ3) is 16.6. The summed E-state index contributed by atoms with van der Waals surface area (Å²) < 4.78 is 21.3. The van der Waals surface area contributed by atoms with Crippen molar-refractivity contribution in [1.82, 2.24) is 0 Å². The maximum Gasteiger partial charge on any atom is 0.314 e. The van der Waals surface area contributed by atoms with E-state index in [9.17, 15) is 38.4 Å². The number of esters is 2. The van der Waals surface area contributed by atoms with Crippen molar-refractivity contribution in [3.63, 3.8) is 0 Å². The topological polar surface area (TPSA) is 214 Å². The average Bonchev–Trinajstić information content (AvgIpc) is 3.13. The lowest BCUT2D eigenvalue weighted by Crippen LogP contribution is -2.26. The number of benzene rings is 2.